The second-order valence-corrected chi connectivity index (χ2v) is 5.35. The third-order valence-electron chi connectivity index (χ3n) is 2.24. The maximum atomic E-state index is 11.7. The molecule has 1 aromatic heterocycles. The van der Waals surface area contributed by atoms with Crippen molar-refractivity contribution < 1.29 is 13.2 Å². The Kier molecular flexibility index (Phi) is 2.42. The summed E-state index contributed by atoms with van der Waals surface area (Å²) < 4.78 is 24.8. The number of sulfone groups is 1. The minimum absolute atomic E-state index is 0.102. The molecule has 0 aliphatic carbocycles. The number of rotatable bonds is 1. The zero-order chi connectivity index (χ0) is 10.9. The van der Waals surface area contributed by atoms with Crippen molar-refractivity contribution in [3.63, 3.8) is 0 Å². The molecule has 0 atom stereocenters. The van der Waals surface area contributed by atoms with E-state index in [9.17, 15) is 13.2 Å². The van der Waals surface area contributed by atoms with Gasteiger partial charge in [-0.2, -0.15) is 5.10 Å². The molecule has 15 heavy (non-hydrogen) atoms. The van der Waals surface area contributed by atoms with Gasteiger partial charge in [0.2, 0.25) is 6.08 Å². The van der Waals surface area contributed by atoms with Gasteiger partial charge in [-0.1, -0.05) is 0 Å². The van der Waals surface area contributed by atoms with Crippen LogP contribution in [0.2, 0.25) is 0 Å². The van der Waals surface area contributed by atoms with Gasteiger partial charge in [0.15, 0.2) is 20.7 Å². The van der Waals surface area contributed by atoms with Gasteiger partial charge in [-0.15, -0.1) is 4.99 Å². The molecule has 0 radical (unpaired) electrons. The van der Waals surface area contributed by atoms with Crippen molar-refractivity contribution in [1.82, 2.24) is 9.78 Å². The van der Waals surface area contributed by atoms with Crippen molar-refractivity contribution in [3.8, 4) is 0 Å². The zero-order valence-corrected chi connectivity index (χ0v) is 8.70. The van der Waals surface area contributed by atoms with E-state index in [0.717, 1.165) is 6.42 Å². The molecule has 80 valence electrons. The molecule has 0 N–H and O–H groups in total. The standard InChI is InChI=1S/C8H9N3O3S/c12-6-9-7-5-8-11(10-7)3-1-2-4-15(8,13)14/h5H,1-4H2. The van der Waals surface area contributed by atoms with Crippen LogP contribution in [0.25, 0.3) is 0 Å². The second kappa shape index (κ2) is 3.60. The Morgan fingerprint density at radius 2 is 2.27 bits per heavy atom. The molecule has 1 aliphatic heterocycles. The van der Waals surface area contributed by atoms with Gasteiger partial charge >= 0.3 is 0 Å². The average molecular weight is 227 g/mol. The topological polar surface area (TPSA) is 81.4 Å². The predicted octanol–water partition coefficient (Wildman–Crippen LogP) is 0.418. The minimum atomic E-state index is -3.27. The molecule has 1 aromatic rings. The summed E-state index contributed by atoms with van der Waals surface area (Å²) in [7, 11) is -3.27. The normalized spacial score (nSPS) is 18.7. The van der Waals surface area contributed by atoms with Gasteiger partial charge in [0, 0.05) is 12.6 Å². The van der Waals surface area contributed by atoms with Crippen LogP contribution in [0, 0.1) is 0 Å². The van der Waals surface area contributed by atoms with Crippen LogP contribution in [0.4, 0.5) is 5.82 Å². The summed E-state index contributed by atoms with van der Waals surface area (Å²) in [5.74, 6) is 0.230. The smallest absolute Gasteiger partial charge is 0.242 e. The van der Waals surface area contributed by atoms with Crippen LogP contribution in [0.15, 0.2) is 16.1 Å². The van der Waals surface area contributed by atoms with Crippen LogP contribution in [0.1, 0.15) is 12.8 Å². The average Bonchev–Trinajstić information content (AvgIpc) is 2.52. The lowest BCUT2D eigenvalue weighted by atomic mass is 10.3. The van der Waals surface area contributed by atoms with Crippen LogP contribution in [-0.4, -0.2) is 30.0 Å². The molecule has 6 nitrogen and oxygen atoms in total. The Morgan fingerprint density at radius 3 is 3.00 bits per heavy atom. The quantitative estimate of drug-likeness (QED) is 0.514. The van der Waals surface area contributed by atoms with Crippen molar-refractivity contribution >= 4 is 21.7 Å². The van der Waals surface area contributed by atoms with Crippen molar-refractivity contribution in [3.05, 3.63) is 6.07 Å². The fourth-order valence-electron chi connectivity index (χ4n) is 1.56. The monoisotopic (exact) mass is 227 g/mol. The van der Waals surface area contributed by atoms with E-state index in [1.54, 1.807) is 0 Å². The molecule has 2 heterocycles. The third kappa shape index (κ3) is 1.84. The summed E-state index contributed by atoms with van der Waals surface area (Å²) in [4.78, 5) is 13.3. The zero-order valence-electron chi connectivity index (χ0n) is 7.88. The highest BCUT2D eigenvalue weighted by molar-refractivity contribution is 7.91. The Labute approximate surface area is 86.5 Å². The Bertz CT molecular complexity index is 525. The highest BCUT2D eigenvalue weighted by Gasteiger charge is 2.24. The molecule has 0 amide bonds. The van der Waals surface area contributed by atoms with E-state index in [2.05, 4.69) is 10.1 Å². The first kappa shape index (κ1) is 10.1. The molecule has 0 spiro atoms. The van der Waals surface area contributed by atoms with Crippen molar-refractivity contribution in [2.75, 3.05) is 5.75 Å². The lowest BCUT2D eigenvalue weighted by molar-refractivity contribution is 0.537. The molecular formula is C8H9N3O3S. The van der Waals surface area contributed by atoms with E-state index in [1.165, 1.54) is 16.8 Å². The first-order valence-corrected chi connectivity index (χ1v) is 6.17. The number of fused-ring (bicyclic) bond motifs is 1. The number of aromatic nitrogens is 2. The van der Waals surface area contributed by atoms with E-state index >= 15 is 0 Å². The Balaban J connectivity index is 2.57. The van der Waals surface area contributed by atoms with Gasteiger partial charge in [0.05, 0.1) is 5.75 Å². The Hall–Kier alpha value is -1.46. The van der Waals surface area contributed by atoms with Crippen molar-refractivity contribution in [2.24, 2.45) is 4.99 Å². The van der Waals surface area contributed by atoms with Gasteiger partial charge in [-0.05, 0) is 12.8 Å². The van der Waals surface area contributed by atoms with Gasteiger partial charge in [-0.3, -0.25) is 4.68 Å². The van der Waals surface area contributed by atoms with Gasteiger partial charge < -0.3 is 0 Å². The van der Waals surface area contributed by atoms with Crippen LogP contribution in [0.5, 0.6) is 0 Å². The molecule has 1 aliphatic rings. The number of aliphatic imine (C=N–C) groups is 1. The number of hydrogen-bond donors (Lipinski definition) is 0. The summed E-state index contributed by atoms with van der Waals surface area (Å²) in [6.45, 7) is 0.545. The largest absolute Gasteiger partial charge is 0.252 e. The summed E-state index contributed by atoms with van der Waals surface area (Å²) in [6.07, 6.45) is 2.74. The van der Waals surface area contributed by atoms with E-state index in [0.29, 0.717) is 13.0 Å². The SMILES string of the molecule is O=C=Nc1cc2n(n1)CCCCS2(=O)=O. The molecule has 0 bridgehead atoms. The molecule has 0 saturated carbocycles. The molecule has 0 fully saturated rings. The molecule has 0 saturated heterocycles. The molecule has 0 aromatic carbocycles. The van der Waals surface area contributed by atoms with Crippen LogP contribution in [0.3, 0.4) is 0 Å². The lowest BCUT2D eigenvalue weighted by Gasteiger charge is -1.99. The highest BCUT2D eigenvalue weighted by Crippen LogP contribution is 2.22. The van der Waals surface area contributed by atoms with E-state index in [1.807, 2.05) is 0 Å². The summed E-state index contributed by atoms with van der Waals surface area (Å²) in [5, 5.41) is 4.05. The van der Waals surface area contributed by atoms with E-state index in [4.69, 9.17) is 0 Å². The van der Waals surface area contributed by atoms with Gasteiger partial charge in [0.1, 0.15) is 0 Å². The van der Waals surface area contributed by atoms with Crippen molar-refractivity contribution in [1.29, 1.82) is 0 Å². The van der Waals surface area contributed by atoms with Crippen LogP contribution < -0.4 is 0 Å². The van der Waals surface area contributed by atoms with Crippen LogP contribution in [-0.2, 0) is 21.2 Å². The van der Waals surface area contributed by atoms with E-state index in [-0.39, 0.29) is 16.6 Å². The fourth-order valence-corrected chi connectivity index (χ4v) is 3.09. The number of aryl methyl sites for hydroxylation is 1. The molecule has 0 unspecified atom stereocenters. The molecular weight excluding hydrogens is 218 g/mol. The summed E-state index contributed by atoms with van der Waals surface area (Å²) >= 11 is 0. The lowest BCUT2D eigenvalue weighted by Crippen LogP contribution is -2.09. The summed E-state index contributed by atoms with van der Waals surface area (Å²) in [6, 6.07) is 1.31. The van der Waals surface area contributed by atoms with E-state index < -0.39 is 9.84 Å². The first-order chi connectivity index (χ1) is 7.13. The number of carbonyl (C=O) groups excluding carboxylic acids is 1. The first-order valence-electron chi connectivity index (χ1n) is 4.52. The summed E-state index contributed by atoms with van der Waals surface area (Å²) in [5.41, 5.74) is 0. The second-order valence-electron chi connectivity index (χ2n) is 3.29. The minimum Gasteiger partial charge on any atom is -0.252 e. The van der Waals surface area contributed by atoms with Gasteiger partial charge in [0.25, 0.3) is 0 Å². The number of isocyanates is 1. The van der Waals surface area contributed by atoms with Crippen LogP contribution >= 0.6 is 0 Å². The van der Waals surface area contributed by atoms with Gasteiger partial charge in [-0.25, -0.2) is 13.2 Å². The fraction of sp³-hybridized carbons (Fsp3) is 0.500. The highest BCUT2D eigenvalue weighted by atomic mass is 32.2. The predicted molar refractivity (Wildman–Crippen MR) is 51.3 cm³/mol. The maximum Gasteiger partial charge on any atom is 0.242 e. The molecule has 2 rings (SSSR count). The third-order valence-corrected chi connectivity index (χ3v) is 4.03. The Morgan fingerprint density at radius 1 is 1.47 bits per heavy atom. The maximum absolute atomic E-state index is 11.7. The number of nitrogens with zero attached hydrogens (tertiary/aromatic N) is 3. The van der Waals surface area contributed by atoms with Crippen molar-refractivity contribution in [2.45, 2.75) is 24.4 Å². The number of hydrogen-bond acceptors (Lipinski definition) is 5. The molecule has 7 heteroatoms.